The predicted octanol–water partition coefficient (Wildman–Crippen LogP) is 3.35. The van der Waals surface area contributed by atoms with Crippen molar-refractivity contribution in [3.8, 4) is 22.8 Å². The van der Waals surface area contributed by atoms with Crippen LogP contribution in [0.4, 0.5) is 14.6 Å². The average molecular weight is 424 g/mol. The van der Waals surface area contributed by atoms with Crippen molar-refractivity contribution in [2.45, 2.75) is 31.8 Å². The highest BCUT2D eigenvalue weighted by Crippen LogP contribution is 2.30. The minimum atomic E-state index is -0.887. The van der Waals surface area contributed by atoms with Gasteiger partial charge in [-0.3, -0.25) is 14.5 Å². The molecule has 1 aliphatic rings. The van der Waals surface area contributed by atoms with Gasteiger partial charge in [0.15, 0.2) is 5.82 Å². The fourth-order valence-electron chi connectivity index (χ4n) is 3.95. The van der Waals surface area contributed by atoms with Crippen LogP contribution in [-0.2, 0) is 0 Å². The minimum absolute atomic E-state index is 0.0111. The van der Waals surface area contributed by atoms with E-state index >= 15 is 0 Å². The second kappa shape index (κ2) is 7.46. The Labute approximate surface area is 174 Å². The zero-order chi connectivity index (χ0) is 21.5. The number of anilines is 1. The van der Waals surface area contributed by atoms with Crippen LogP contribution in [-0.4, -0.2) is 30.8 Å². The molecule has 0 bridgehead atoms. The third-order valence-electron chi connectivity index (χ3n) is 5.44. The van der Waals surface area contributed by atoms with Crippen LogP contribution in [0.3, 0.4) is 0 Å². The molecule has 0 unspecified atom stereocenters. The number of pyridine rings is 1. The summed E-state index contributed by atoms with van der Waals surface area (Å²) in [4.78, 5) is 21.5. The van der Waals surface area contributed by atoms with E-state index in [0.29, 0.717) is 22.7 Å². The van der Waals surface area contributed by atoms with Crippen LogP contribution in [0.2, 0.25) is 0 Å². The average Bonchev–Trinajstić information content (AvgIpc) is 3.40. The number of nitrogen functional groups attached to an aromatic ring is 1. The molecule has 1 aliphatic carbocycles. The second-order valence-electron chi connectivity index (χ2n) is 7.41. The number of nitrogens with two attached hydrogens (primary N) is 1. The maximum absolute atomic E-state index is 14.5. The van der Waals surface area contributed by atoms with Crippen molar-refractivity contribution in [1.29, 1.82) is 0 Å². The molecule has 3 heterocycles. The van der Waals surface area contributed by atoms with Crippen molar-refractivity contribution in [2.24, 2.45) is 0 Å². The molecule has 0 aliphatic heterocycles. The Morgan fingerprint density at radius 1 is 1.16 bits per heavy atom. The van der Waals surface area contributed by atoms with Crippen molar-refractivity contribution < 1.29 is 13.5 Å². The standard InChI is InChI=1S/C21H18F2N6O2/c22-13-6-3-7-14(23)19(13)29-9-12(18-17(21(29)30)20(24)28-27-18)15-8-16(26-10-25-15)31-11-4-1-2-5-11/h3,6-11H,1-2,4-5H2,(H3,24,27,28). The van der Waals surface area contributed by atoms with Gasteiger partial charge in [-0.15, -0.1) is 0 Å². The van der Waals surface area contributed by atoms with Crippen LogP contribution in [0.15, 0.2) is 41.6 Å². The number of hydrogen-bond acceptors (Lipinski definition) is 6. The molecule has 158 valence electrons. The smallest absolute Gasteiger partial charge is 0.268 e. The van der Waals surface area contributed by atoms with Gasteiger partial charge in [0.05, 0.1) is 11.2 Å². The molecule has 1 fully saturated rings. The second-order valence-corrected chi connectivity index (χ2v) is 7.41. The molecular weight excluding hydrogens is 406 g/mol. The number of para-hydroxylation sites is 1. The summed E-state index contributed by atoms with van der Waals surface area (Å²) in [6.07, 6.45) is 6.87. The summed E-state index contributed by atoms with van der Waals surface area (Å²) >= 11 is 0. The molecule has 3 aromatic heterocycles. The highest BCUT2D eigenvalue weighted by Gasteiger charge is 2.22. The van der Waals surface area contributed by atoms with Crippen LogP contribution in [0.25, 0.3) is 27.8 Å². The van der Waals surface area contributed by atoms with E-state index in [9.17, 15) is 13.6 Å². The molecule has 31 heavy (non-hydrogen) atoms. The van der Waals surface area contributed by atoms with Crippen LogP contribution in [0, 0.1) is 11.6 Å². The van der Waals surface area contributed by atoms with E-state index in [1.807, 2.05) is 0 Å². The number of nitrogens with one attached hydrogen (secondary N) is 1. The van der Waals surface area contributed by atoms with Gasteiger partial charge in [-0.25, -0.2) is 18.7 Å². The van der Waals surface area contributed by atoms with Crippen LogP contribution < -0.4 is 16.0 Å². The van der Waals surface area contributed by atoms with E-state index in [2.05, 4.69) is 20.2 Å². The zero-order valence-electron chi connectivity index (χ0n) is 16.3. The van der Waals surface area contributed by atoms with E-state index in [0.717, 1.165) is 42.4 Å². The Bertz CT molecular complexity index is 1320. The number of rotatable bonds is 4. The molecule has 0 radical (unpaired) electrons. The fourth-order valence-corrected chi connectivity index (χ4v) is 3.95. The summed E-state index contributed by atoms with van der Waals surface area (Å²) in [5.74, 6) is -1.47. The SMILES string of the molecule is Nc1n[nH]c2c(-c3cc(OC4CCCC4)ncn3)cn(-c3c(F)cccc3F)c(=O)c12. The van der Waals surface area contributed by atoms with Crippen molar-refractivity contribution >= 4 is 16.7 Å². The highest BCUT2D eigenvalue weighted by molar-refractivity contribution is 5.97. The molecular formula is C21H18F2N6O2. The Morgan fingerprint density at radius 2 is 1.90 bits per heavy atom. The van der Waals surface area contributed by atoms with Crippen LogP contribution in [0.1, 0.15) is 25.7 Å². The lowest BCUT2D eigenvalue weighted by Crippen LogP contribution is -2.21. The molecule has 0 spiro atoms. The topological polar surface area (TPSA) is 112 Å². The summed E-state index contributed by atoms with van der Waals surface area (Å²) < 4.78 is 35.8. The fraction of sp³-hybridized carbons (Fsp3) is 0.238. The van der Waals surface area contributed by atoms with E-state index in [1.54, 1.807) is 6.07 Å². The highest BCUT2D eigenvalue weighted by atomic mass is 19.1. The molecule has 10 heteroatoms. The first kappa shape index (κ1) is 19.2. The number of aromatic amines is 1. The third-order valence-corrected chi connectivity index (χ3v) is 5.44. The monoisotopic (exact) mass is 424 g/mol. The number of nitrogens with zero attached hydrogens (tertiary/aromatic N) is 4. The van der Waals surface area contributed by atoms with Gasteiger partial charge in [-0.1, -0.05) is 6.07 Å². The first-order valence-corrected chi connectivity index (χ1v) is 9.85. The molecule has 0 saturated heterocycles. The summed E-state index contributed by atoms with van der Waals surface area (Å²) in [6, 6.07) is 5.00. The Hall–Kier alpha value is -3.82. The first-order valence-electron chi connectivity index (χ1n) is 9.85. The number of halogens is 2. The maximum atomic E-state index is 14.5. The molecule has 3 N–H and O–H groups in total. The Kier molecular flexibility index (Phi) is 4.61. The van der Waals surface area contributed by atoms with Gasteiger partial charge >= 0.3 is 0 Å². The Balaban J connectivity index is 1.71. The number of aromatic nitrogens is 5. The predicted molar refractivity (Wildman–Crippen MR) is 110 cm³/mol. The summed E-state index contributed by atoms with van der Waals surface area (Å²) in [6.45, 7) is 0. The lowest BCUT2D eigenvalue weighted by molar-refractivity contribution is 0.201. The van der Waals surface area contributed by atoms with E-state index in [4.69, 9.17) is 10.5 Å². The number of ether oxygens (including phenoxy) is 1. The van der Waals surface area contributed by atoms with Gasteiger partial charge in [-0.05, 0) is 37.8 Å². The number of benzene rings is 1. The van der Waals surface area contributed by atoms with E-state index in [-0.39, 0.29) is 17.3 Å². The van der Waals surface area contributed by atoms with Crippen molar-refractivity contribution in [2.75, 3.05) is 5.73 Å². The third kappa shape index (κ3) is 3.29. The molecule has 4 aromatic rings. The lowest BCUT2D eigenvalue weighted by atomic mass is 10.1. The Morgan fingerprint density at radius 3 is 2.65 bits per heavy atom. The van der Waals surface area contributed by atoms with Gasteiger partial charge in [0.1, 0.15) is 35.1 Å². The molecule has 1 aromatic carbocycles. The largest absolute Gasteiger partial charge is 0.474 e. The van der Waals surface area contributed by atoms with Crippen molar-refractivity contribution in [3.63, 3.8) is 0 Å². The first-order chi connectivity index (χ1) is 15.0. The van der Waals surface area contributed by atoms with Gasteiger partial charge in [-0.2, -0.15) is 5.10 Å². The van der Waals surface area contributed by atoms with Crippen molar-refractivity contribution in [1.82, 2.24) is 24.7 Å². The van der Waals surface area contributed by atoms with E-state index in [1.165, 1.54) is 18.6 Å². The van der Waals surface area contributed by atoms with Crippen molar-refractivity contribution in [3.05, 3.63) is 58.8 Å². The van der Waals surface area contributed by atoms with E-state index < -0.39 is 22.9 Å². The lowest BCUT2D eigenvalue weighted by Gasteiger charge is -2.14. The summed E-state index contributed by atoms with van der Waals surface area (Å²) in [7, 11) is 0. The normalized spacial score (nSPS) is 14.4. The van der Waals surface area contributed by atoms with Gasteiger partial charge in [0.2, 0.25) is 5.88 Å². The quantitative estimate of drug-likeness (QED) is 0.520. The molecule has 0 atom stereocenters. The number of fused-ring (bicyclic) bond motifs is 1. The number of hydrogen-bond donors (Lipinski definition) is 2. The molecule has 8 nitrogen and oxygen atoms in total. The van der Waals surface area contributed by atoms with Gasteiger partial charge < -0.3 is 10.5 Å². The summed E-state index contributed by atoms with van der Waals surface area (Å²) in [5.41, 5.74) is 5.75. The summed E-state index contributed by atoms with van der Waals surface area (Å²) in [5, 5.41) is 6.64. The van der Waals surface area contributed by atoms with Crippen LogP contribution >= 0.6 is 0 Å². The van der Waals surface area contributed by atoms with Crippen LogP contribution in [0.5, 0.6) is 5.88 Å². The number of H-pyrrole nitrogens is 1. The minimum Gasteiger partial charge on any atom is -0.474 e. The van der Waals surface area contributed by atoms with Gasteiger partial charge in [0, 0.05) is 17.8 Å². The molecule has 5 rings (SSSR count). The molecule has 0 amide bonds. The zero-order valence-corrected chi connectivity index (χ0v) is 16.3. The maximum Gasteiger partial charge on any atom is 0.268 e. The van der Waals surface area contributed by atoms with Gasteiger partial charge in [0.25, 0.3) is 5.56 Å². The molecule has 1 saturated carbocycles.